The number of aromatic nitrogens is 2. The molecule has 0 aliphatic rings. The van der Waals surface area contributed by atoms with Gasteiger partial charge in [-0.15, -0.1) is 0 Å². The number of hydrogen-bond donors (Lipinski definition) is 2. The van der Waals surface area contributed by atoms with Crippen LogP contribution in [0.2, 0.25) is 10.0 Å². The third kappa shape index (κ3) is 4.57. The van der Waals surface area contributed by atoms with Gasteiger partial charge in [0.05, 0.1) is 34.6 Å². The molecule has 0 aliphatic carbocycles. The number of aromatic amines is 1. The summed E-state index contributed by atoms with van der Waals surface area (Å²) in [4.78, 5) is 23.6. The summed E-state index contributed by atoms with van der Waals surface area (Å²) in [6, 6.07) is 13.2. The number of rotatable bonds is 5. The highest BCUT2D eigenvalue weighted by Gasteiger charge is 2.11. The van der Waals surface area contributed by atoms with E-state index in [1.54, 1.807) is 48.5 Å². The number of hydrogen-bond acceptors (Lipinski definition) is 5. The SMILES string of the molecule is COC(=O)c1ccc(/C=N/NC(=O)c2cc(-c3ccc(Cl)c(Cl)c3)n[nH]2)cc1. The first-order valence-corrected chi connectivity index (χ1v) is 8.76. The van der Waals surface area contributed by atoms with Crippen molar-refractivity contribution in [2.24, 2.45) is 5.10 Å². The summed E-state index contributed by atoms with van der Waals surface area (Å²) in [6.07, 6.45) is 1.45. The van der Waals surface area contributed by atoms with E-state index in [0.717, 1.165) is 5.56 Å². The molecule has 0 aliphatic heterocycles. The minimum absolute atomic E-state index is 0.235. The van der Waals surface area contributed by atoms with E-state index in [0.29, 0.717) is 26.9 Å². The van der Waals surface area contributed by atoms with Crippen molar-refractivity contribution in [2.45, 2.75) is 0 Å². The van der Waals surface area contributed by atoms with Crippen LogP contribution in [0.3, 0.4) is 0 Å². The molecule has 2 N–H and O–H groups in total. The summed E-state index contributed by atoms with van der Waals surface area (Å²) in [6.45, 7) is 0. The number of hydrazone groups is 1. The third-order valence-corrected chi connectivity index (χ3v) is 4.49. The summed E-state index contributed by atoms with van der Waals surface area (Å²) in [5.41, 5.74) is 5.04. The second kappa shape index (κ2) is 8.69. The molecule has 0 radical (unpaired) electrons. The van der Waals surface area contributed by atoms with Crippen LogP contribution in [-0.4, -0.2) is 35.4 Å². The highest BCUT2D eigenvalue weighted by atomic mass is 35.5. The van der Waals surface area contributed by atoms with Crippen LogP contribution in [0.5, 0.6) is 0 Å². The predicted molar refractivity (Wildman–Crippen MR) is 107 cm³/mol. The van der Waals surface area contributed by atoms with Gasteiger partial charge in [0, 0.05) is 5.56 Å². The van der Waals surface area contributed by atoms with Crippen LogP contribution in [0.1, 0.15) is 26.4 Å². The molecule has 7 nitrogen and oxygen atoms in total. The van der Waals surface area contributed by atoms with Crippen molar-refractivity contribution in [3.63, 3.8) is 0 Å². The van der Waals surface area contributed by atoms with E-state index in [4.69, 9.17) is 23.2 Å². The van der Waals surface area contributed by atoms with Gasteiger partial charge in [-0.3, -0.25) is 9.89 Å². The predicted octanol–water partition coefficient (Wildman–Crippen LogP) is 3.93. The molecule has 28 heavy (non-hydrogen) atoms. The van der Waals surface area contributed by atoms with Crippen LogP contribution in [0.15, 0.2) is 53.6 Å². The number of methoxy groups -OCH3 is 1. The molecular formula is C19H14Cl2N4O3. The molecule has 0 saturated heterocycles. The van der Waals surface area contributed by atoms with Gasteiger partial charge in [0.25, 0.3) is 5.91 Å². The molecule has 0 bridgehead atoms. The second-order valence-electron chi connectivity index (χ2n) is 5.61. The van der Waals surface area contributed by atoms with Gasteiger partial charge in [-0.25, -0.2) is 10.2 Å². The van der Waals surface area contributed by atoms with Gasteiger partial charge in [0.2, 0.25) is 0 Å². The average molecular weight is 417 g/mol. The Hall–Kier alpha value is -3.16. The fourth-order valence-electron chi connectivity index (χ4n) is 2.29. The van der Waals surface area contributed by atoms with Gasteiger partial charge < -0.3 is 4.74 Å². The number of halogens is 2. The molecule has 9 heteroatoms. The molecule has 2 aromatic carbocycles. The van der Waals surface area contributed by atoms with Crippen LogP contribution in [-0.2, 0) is 4.74 Å². The lowest BCUT2D eigenvalue weighted by molar-refractivity contribution is 0.0600. The molecule has 1 aromatic heterocycles. The molecule has 0 unspecified atom stereocenters. The maximum Gasteiger partial charge on any atom is 0.337 e. The zero-order chi connectivity index (χ0) is 20.1. The Morgan fingerprint density at radius 1 is 1.11 bits per heavy atom. The van der Waals surface area contributed by atoms with Crippen LogP contribution >= 0.6 is 23.2 Å². The van der Waals surface area contributed by atoms with Crippen molar-refractivity contribution in [3.05, 3.63) is 75.4 Å². The first-order valence-electron chi connectivity index (χ1n) is 8.00. The molecule has 3 aromatic rings. The lowest BCUT2D eigenvalue weighted by atomic mass is 10.1. The number of amides is 1. The second-order valence-corrected chi connectivity index (χ2v) is 6.42. The highest BCUT2D eigenvalue weighted by molar-refractivity contribution is 6.42. The van der Waals surface area contributed by atoms with E-state index in [-0.39, 0.29) is 5.69 Å². The summed E-state index contributed by atoms with van der Waals surface area (Å²) < 4.78 is 4.63. The zero-order valence-electron chi connectivity index (χ0n) is 14.6. The van der Waals surface area contributed by atoms with Crippen LogP contribution in [0.4, 0.5) is 0 Å². The normalized spacial score (nSPS) is 10.8. The summed E-state index contributed by atoms with van der Waals surface area (Å²) in [7, 11) is 1.32. The van der Waals surface area contributed by atoms with Crippen molar-refractivity contribution in [3.8, 4) is 11.3 Å². The number of carbonyl (C=O) groups excluding carboxylic acids is 2. The highest BCUT2D eigenvalue weighted by Crippen LogP contribution is 2.27. The maximum absolute atomic E-state index is 12.2. The van der Waals surface area contributed by atoms with E-state index in [1.807, 2.05) is 0 Å². The molecule has 142 valence electrons. The van der Waals surface area contributed by atoms with Crippen molar-refractivity contribution >= 4 is 41.3 Å². The molecule has 0 fully saturated rings. The molecule has 0 spiro atoms. The minimum Gasteiger partial charge on any atom is -0.465 e. The largest absolute Gasteiger partial charge is 0.465 e. The van der Waals surface area contributed by atoms with E-state index < -0.39 is 11.9 Å². The summed E-state index contributed by atoms with van der Waals surface area (Å²) in [5, 5.41) is 11.5. The van der Waals surface area contributed by atoms with Crippen LogP contribution in [0.25, 0.3) is 11.3 Å². The molecule has 1 amide bonds. The molecule has 3 rings (SSSR count). The standard InChI is InChI=1S/C19H14Cl2N4O3/c1-28-19(27)12-4-2-11(3-5-12)10-22-25-18(26)17-9-16(23-24-17)13-6-7-14(20)15(21)8-13/h2-10H,1H3,(H,23,24)(H,25,26)/b22-10+. The van der Waals surface area contributed by atoms with E-state index in [1.165, 1.54) is 13.3 Å². The van der Waals surface area contributed by atoms with Crippen LogP contribution < -0.4 is 5.43 Å². The molecular weight excluding hydrogens is 403 g/mol. The van der Waals surface area contributed by atoms with Gasteiger partial charge in [-0.2, -0.15) is 10.2 Å². The molecule has 0 atom stereocenters. The Morgan fingerprint density at radius 3 is 2.54 bits per heavy atom. The van der Waals surface area contributed by atoms with Gasteiger partial charge in [0.1, 0.15) is 5.69 Å². The number of ether oxygens (including phenoxy) is 1. The number of benzene rings is 2. The van der Waals surface area contributed by atoms with Gasteiger partial charge >= 0.3 is 5.97 Å². The van der Waals surface area contributed by atoms with Gasteiger partial charge in [0.15, 0.2) is 0 Å². The third-order valence-electron chi connectivity index (χ3n) is 3.75. The maximum atomic E-state index is 12.2. The number of nitrogens with zero attached hydrogens (tertiary/aromatic N) is 2. The van der Waals surface area contributed by atoms with E-state index in [2.05, 4.69) is 25.5 Å². The fraction of sp³-hybridized carbons (Fsp3) is 0.0526. The van der Waals surface area contributed by atoms with Gasteiger partial charge in [-0.05, 0) is 35.9 Å². The molecule has 0 saturated carbocycles. The fourth-order valence-corrected chi connectivity index (χ4v) is 2.59. The molecule has 1 heterocycles. The number of nitrogens with one attached hydrogen (secondary N) is 2. The Labute approximate surface area is 170 Å². The topological polar surface area (TPSA) is 96.4 Å². The summed E-state index contributed by atoms with van der Waals surface area (Å²) in [5.74, 6) is -0.880. The van der Waals surface area contributed by atoms with Crippen molar-refractivity contribution < 1.29 is 14.3 Å². The first-order chi connectivity index (χ1) is 13.5. The quantitative estimate of drug-likeness (QED) is 0.374. The van der Waals surface area contributed by atoms with Gasteiger partial charge in [-0.1, -0.05) is 41.4 Å². The first kappa shape index (κ1) is 19.6. The van der Waals surface area contributed by atoms with Crippen molar-refractivity contribution in [2.75, 3.05) is 7.11 Å². The van der Waals surface area contributed by atoms with Crippen molar-refractivity contribution in [1.29, 1.82) is 0 Å². The van der Waals surface area contributed by atoms with Crippen LogP contribution in [0, 0.1) is 0 Å². The number of esters is 1. The average Bonchev–Trinajstić information content (AvgIpc) is 3.20. The Bertz CT molecular complexity index is 1050. The zero-order valence-corrected chi connectivity index (χ0v) is 16.1. The number of H-pyrrole nitrogens is 1. The minimum atomic E-state index is -0.457. The van der Waals surface area contributed by atoms with E-state index >= 15 is 0 Å². The Morgan fingerprint density at radius 2 is 1.86 bits per heavy atom. The lowest BCUT2D eigenvalue weighted by Gasteiger charge is -1.99. The monoisotopic (exact) mass is 416 g/mol. The Balaban J connectivity index is 1.63. The lowest BCUT2D eigenvalue weighted by Crippen LogP contribution is -2.18. The number of carbonyl (C=O) groups is 2. The Kier molecular flexibility index (Phi) is 6.08. The van der Waals surface area contributed by atoms with E-state index in [9.17, 15) is 9.59 Å². The smallest absolute Gasteiger partial charge is 0.337 e. The summed E-state index contributed by atoms with van der Waals surface area (Å²) >= 11 is 11.9. The van der Waals surface area contributed by atoms with Crippen molar-refractivity contribution in [1.82, 2.24) is 15.6 Å².